The van der Waals surface area contributed by atoms with Crippen LogP contribution in [0.1, 0.15) is 81.0 Å². The number of carbonyl (C=O) groups is 1. The molecule has 0 spiro atoms. The van der Waals surface area contributed by atoms with Crippen molar-refractivity contribution in [3.05, 3.63) is 47.2 Å². The van der Waals surface area contributed by atoms with Gasteiger partial charge in [-0.15, -0.1) is 0 Å². The van der Waals surface area contributed by atoms with E-state index in [1.54, 1.807) is 0 Å². The summed E-state index contributed by atoms with van der Waals surface area (Å²) in [5.41, 5.74) is 4.20. The zero-order chi connectivity index (χ0) is 17.5. The molecule has 2 aliphatic carbocycles. The Morgan fingerprint density at radius 3 is 2.64 bits per heavy atom. The van der Waals surface area contributed by atoms with E-state index in [9.17, 15) is 4.79 Å². The smallest absolute Gasteiger partial charge is 0.319 e. The number of aryl methyl sites for hydroxylation is 2. The standard InChI is InChI=1S/C22H32N2O/c1-2-21(20-13-12-18-10-6-7-11-19(18)16-20)24-22(25)23-15-14-17-8-4-3-5-9-17/h12-17,21H,2-11H2,1H3,(H2,23,24,25)/b15-14+. The molecule has 2 N–H and O–H groups in total. The van der Waals surface area contributed by atoms with Crippen molar-refractivity contribution in [1.29, 1.82) is 0 Å². The number of amides is 2. The molecule has 0 aliphatic heterocycles. The highest BCUT2D eigenvalue weighted by atomic mass is 16.2. The zero-order valence-electron chi connectivity index (χ0n) is 15.5. The number of fused-ring (bicyclic) bond motifs is 1. The Kier molecular flexibility index (Phi) is 6.55. The molecule has 0 bridgehead atoms. The number of rotatable bonds is 5. The molecule has 2 aliphatic rings. The third kappa shape index (κ3) is 5.10. The van der Waals surface area contributed by atoms with Gasteiger partial charge in [0.1, 0.15) is 0 Å². The van der Waals surface area contributed by atoms with Gasteiger partial charge < -0.3 is 10.6 Å². The first-order chi connectivity index (χ1) is 12.3. The van der Waals surface area contributed by atoms with E-state index in [2.05, 4.69) is 41.8 Å². The molecule has 1 fully saturated rings. The highest BCUT2D eigenvalue weighted by Gasteiger charge is 2.16. The average molecular weight is 341 g/mol. The van der Waals surface area contributed by atoms with E-state index >= 15 is 0 Å². The van der Waals surface area contributed by atoms with E-state index in [-0.39, 0.29) is 12.1 Å². The maximum atomic E-state index is 12.2. The Morgan fingerprint density at radius 1 is 1.12 bits per heavy atom. The number of allylic oxidation sites excluding steroid dienone is 1. The molecule has 136 valence electrons. The SMILES string of the molecule is CCC(NC(=O)N/C=C/C1CCCCC1)c1ccc2c(c1)CCCC2. The van der Waals surface area contributed by atoms with Crippen LogP contribution in [0, 0.1) is 5.92 Å². The van der Waals surface area contributed by atoms with E-state index in [1.165, 1.54) is 74.5 Å². The molecule has 0 heterocycles. The first-order valence-electron chi connectivity index (χ1n) is 10.1. The van der Waals surface area contributed by atoms with Crippen molar-refractivity contribution >= 4 is 6.03 Å². The second kappa shape index (κ2) is 9.07. The first-order valence-corrected chi connectivity index (χ1v) is 10.1. The second-order valence-electron chi connectivity index (χ2n) is 7.57. The molecular formula is C22H32N2O. The van der Waals surface area contributed by atoms with Crippen LogP contribution in [-0.4, -0.2) is 6.03 Å². The monoisotopic (exact) mass is 340 g/mol. The molecule has 1 aromatic rings. The van der Waals surface area contributed by atoms with Crippen molar-refractivity contribution < 1.29 is 4.79 Å². The molecule has 1 saturated carbocycles. The summed E-state index contributed by atoms with van der Waals surface area (Å²) in [5.74, 6) is 0.636. The van der Waals surface area contributed by atoms with Crippen molar-refractivity contribution in [2.45, 2.75) is 77.2 Å². The molecule has 0 aromatic heterocycles. The van der Waals surface area contributed by atoms with Crippen LogP contribution in [0.25, 0.3) is 0 Å². The van der Waals surface area contributed by atoms with Gasteiger partial charge in [-0.25, -0.2) is 4.79 Å². The van der Waals surface area contributed by atoms with E-state index in [4.69, 9.17) is 0 Å². The molecule has 0 radical (unpaired) electrons. The Labute approximate surface area is 152 Å². The Balaban J connectivity index is 1.54. The second-order valence-corrected chi connectivity index (χ2v) is 7.57. The van der Waals surface area contributed by atoms with Gasteiger partial charge in [0.2, 0.25) is 0 Å². The normalized spacial score (nSPS) is 19.4. The van der Waals surface area contributed by atoms with E-state index in [0.29, 0.717) is 5.92 Å². The molecule has 3 nitrogen and oxygen atoms in total. The Bertz CT molecular complexity index is 602. The van der Waals surface area contributed by atoms with Crippen molar-refractivity contribution in [2.24, 2.45) is 5.92 Å². The third-order valence-corrected chi connectivity index (χ3v) is 5.72. The van der Waals surface area contributed by atoms with E-state index < -0.39 is 0 Å². The van der Waals surface area contributed by atoms with Crippen molar-refractivity contribution in [3.8, 4) is 0 Å². The number of hydrogen-bond acceptors (Lipinski definition) is 1. The summed E-state index contributed by atoms with van der Waals surface area (Å²) in [4.78, 5) is 12.2. The molecule has 2 amide bonds. The van der Waals surface area contributed by atoms with Gasteiger partial charge in [0.05, 0.1) is 6.04 Å². The molecule has 0 saturated heterocycles. The highest BCUT2D eigenvalue weighted by molar-refractivity contribution is 5.75. The van der Waals surface area contributed by atoms with E-state index in [1.807, 2.05) is 6.20 Å². The van der Waals surface area contributed by atoms with Gasteiger partial charge in [0, 0.05) is 6.20 Å². The predicted molar refractivity (Wildman–Crippen MR) is 103 cm³/mol. The average Bonchev–Trinajstić information content (AvgIpc) is 2.66. The Hall–Kier alpha value is -1.77. The summed E-state index contributed by atoms with van der Waals surface area (Å²) in [6, 6.07) is 6.73. The molecular weight excluding hydrogens is 308 g/mol. The number of hydrogen-bond donors (Lipinski definition) is 2. The van der Waals surface area contributed by atoms with Gasteiger partial charge in [-0.1, -0.05) is 50.5 Å². The minimum atomic E-state index is -0.100. The molecule has 3 rings (SSSR count). The fourth-order valence-corrected chi connectivity index (χ4v) is 4.18. The number of carbonyl (C=O) groups excluding carboxylic acids is 1. The summed E-state index contributed by atoms with van der Waals surface area (Å²) < 4.78 is 0. The number of benzene rings is 1. The molecule has 1 aromatic carbocycles. The van der Waals surface area contributed by atoms with Crippen LogP contribution in [0.3, 0.4) is 0 Å². The lowest BCUT2D eigenvalue weighted by Crippen LogP contribution is -2.35. The fraction of sp³-hybridized carbons (Fsp3) is 0.591. The van der Waals surface area contributed by atoms with Crippen LogP contribution >= 0.6 is 0 Å². The summed E-state index contributed by atoms with van der Waals surface area (Å²) in [5, 5.41) is 6.02. The van der Waals surface area contributed by atoms with Crippen LogP contribution in [-0.2, 0) is 12.8 Å². The van der Waals surface area contributed by atoms with Crippen molar-refractivity contribution in [2.75, 3.05) is 0 Å². The lowest BCUT2D eigenvalue weighted by molar-refractivity contribution is 0.240. The number of urea groups is 1. The van der Waals surface area contributed by atoms with Crippen LogP contribution in [0.15, 0.2) is 30.5 Å². The third-order valence-electron chi connectivity index (χ3n) is 5.72. The molecule has 25 heavy (non-hydrogen) atoms. The first kappa shape index (κ1) is 18.0. The summed E-state index contributed by atoms with van der Waals surface area (Å²) in [6.45, 7) is 2.13. The van der Waals surface area contributed by atoms with Gasteiger partial charge in [-0.05, 0) is 67.6 Å². The zero-order valence-corrected chi connectivity index (χ0v) is 15.5. The number of nitrogens with one attached hydrogen (secondary N) is 2. The fourth-order valence-electron chi connectivity index (χ4n) is 4.18. The minimum Gasteiger partial charge on any atom is -0.331 e. The van der Waals surface area contributed by atoms with Crippen molar-refractivity contribution in [3.63, 3.8) is 0 Å². The lowest BCUT2D eigenvalue weighted by atomic mass is 9.89. The van der Waals surface area contributed by atoms with Gasteiger partial charge in [0.15, 0.2) is 0 Å². The van der Waals surface area contributed by atoms with E-state index in [0.717, 1.165) is 6.42 Å². The summed E-state index contributed by atoms with van der Waals surface area (Å²) in [7, 11) is 0. The van der Waals surface area contributed by atoms with Gasteiger partial charge in [-0.3, -0.25) is 0 Å². The van der Waals surface area contributed by atoms with Crippen LogP contribution < -0.4 is 10.6 Å². The predicted octanol–water partition coefficient (Wildman–Crippen LogP) is 5.41. The maximum absolute atomic E-state index is 12.2. The van der Waals surface area contributed by atoms with Crippen LogP contribution in [0.4, 0.5) is 4.79 Å². The quantitative estimate of drug-likeness (QED) is 0.739. The molecule has 1 atom stereocenters. The topological polar surface area (TPSA) is 41.1 Å². The van der Waals surface area contributed by atoms with Crippen LogP contribution in [0.5, 0.6) is 0 Å². The Morgan fingerprint density at radius 2 is 1.88 bits per heavy atom. The molecule has 1 unspecified atom stereocenters. The maximum Gasteiger partial charge on any atom is 0.319 e. The lowest BCUT2D eigenvalue weighted by Gasteiger charge is -2.22. The van der Waals surface area contributed by atoms with Gasteiger partial charge in [-0.2, -0.15) is 0 Å². The summed E-state index contributed by atoms with van der Waals surface area (Å²) >= 11 is 0. The molecule has 3 heteroatoms. The van der Waals surface area contributed by atoms with Gasteiger partial charge in [0.25, 0.3) is 0 Å². The minimum absolute atomic E-state index is 0.0790. The summed E-state index contributed by atoms with van der Waals surface area (Å²) in [6.07, 6.45) is 16.4. The van der Waals surface area contributed by atoms with Crippen LogP contribution in [0.2, 0.25) is 0 Å². The van der Waals surface area contributed by atoms with Gasteiger partial charge >= 0.3 is 6.03 Å². The largest absolute Gasteiger partial charge is 0.331 e. The van der Waals surface area contributed by atoms with Crippen molar-refractivity contribution in [1.82, 2.24) is 10.6 Å². The highest BCUT2D eigenvalue weighted by Crippen LogP contribution is 2.26.